The van der Waals surface area contributed by atoms with E-state index in [0.29, 0.717) is 12.1 Å². The number of carbonyl (C=O) groups is 1. The summed E-state index contributed by atoms with van der Waals surface area (Å²) >= 11 is 0. The van der Waals surface area contributed by atoms with Crippen LogP contribution in [0.3, 0.4) is 0 Å². The van der Waals surface area contributed by atoms with Gasteiger partial charge in [0.2, 0.25) is 0 Å². The Morgan fingerprint density at radius 1 is 1.19 bits per heavy atom. The third-order valence-corrected chi connectivity index (χ3v) is 3.02. The summed E-state index contributed by atoms with van der Waals surface area (Å²) in [6.45, 7) is 1.35. The summed E-state index contributed by atoms with van der Waals surface area (Å²) in [5, 5.41) is 2.84. The minimum absolute atomic E-state index is 0.159. The molecule has 1 heterocycles. The van der Waals surface area contributed by atoms with Crippen LogP contribution in [0.4, 0.5) is 4.39 Å². The lowest BCUT2D eigenvalue weighted by Crippen LogP contribution is -2.31. The minimum atomic E-state index is -0.288. The highest BCUT2D eigenvalue weighted by molar-refractivity contribution is 5.95. The second kappa shape index (κ2) is 6.95. The Labute approximate surface area is 123 Å². The van der Waals surface area contributed by atoms with Crippen LogP contribution < -0.4 is 5.32 Å². The van der Waals surface area contributed by atoms with Gasteiger partial charge >= 0.3 is 0 Å². The molecule has 110 valence electrons. The number of amides is 1. The van der Waals surface area contributed by atoms with E-state index in [9.17, 15) is 9.18 Å². The number of nitrogens with one attached hydrogen (secondary N) is 1. The summed E-state index contributed by atoms with van der Waals surface area (Å²) in [7, 11) is 3.89. The fourth-order valence-electron chi connectivity index (χ4n) is 1.86. The monoisotopic (exact) mass is 287 g/mol. The zero-order valence-electron chi connectivity index (χ0n) is 12.1. The van der Waals surface area contributed by atoms with E-state index in [1.807, 2.05) is 19.0 Å². The van der Waals surface area contributed by atoms with E-state index in [1.54, 1.807) is 24.4 Å². The van der Waals surface area contributed by atoms with Crippen LogP contribution in [0, 0.1) is 5.82 Å². The maximum atomic E-state index is 12.9. The zero-order valence-corrected chi connectivity index (χ0v) is 12.1. The van der Waals surface area contributed by atoms with Gasteiger partial charge in [0.25, 0.3) is 5.91 Å². The van der Waals surface area contributed by atoms with E-state index in [4.69, 9.17) is 0 Å². The summed E-state index contributed by atoms with van der Waals surface area (Å²) in [6, 6.07) is 7.86. The average Bonchev–Trinajstić information content (AvgIpc) is 2.47. The number of hydrogen-bond donors (Lipinski definition) is 1. The second-order valence-electron chi connectivity index (χ2n) is 5.03. The molecular formula is C16H18FN3O. The highest BCUT2D eigenvalue weighted by atomic mass is 19.1. The Morgan fingerprint density at radius 2 is 1.90 bits per heavy atom. The quantitative estimate of drug-likeness (QED) is 0.917. The number of halogens is 1. The molecule has 1 N–H and O–H groups in total. The van der Waals surface area contributed by atoms with Crippen LogP contribution in [-0.2, 0) is 0 Å². The molecule has 0 saturated heterocycles. The van der Waals surface area contributed by atoms with Crippen molar-refractivity contribution in [3.8, 4) is 11.1 Å². The summed E-state index contributed by atoms with van der Waals surface area (Å²) in [5.74, 6) is -0.447. The number of nitrogens with zero attached hydrogens (tertiary/aromatic N) is 2. The largest absolute Gasteiger partial charge is 0.351 e. The van der Waals surface area contributed by atoms with Crippen LogP contribution >= 0.6 is 0 Å². The summed E-state index contributed by atoms with van der Waals surface area (Å²) in [6.07, 6.45) is 3.18. The van der Waals surface area contributed by atoms with Gasteiger partial charge in [-0.25, -0.2) is 4.39 Å². The first-order valence-electron chi connectivity index (χ1n) is 6.70. The molecule has 2 rings (SSSR count). The molecule has 21 heavy (non-hydrogen) atoms. The highest BCUT2D eigenvalue weighted by Crippen LogP contribution is 2.19. The lowest BCUT2D eigenvalue weighted by Gasteiger charge is -2.10. The lowest BCUT2D eigenvalue weighted by molar-refractivity contribution is 0.0950. The molecule has 0 spiro atoms. The topological polar surface area (TPSA) is 45.2 Å². The maximum Gasteiger partial charge on any atom is 0.252 e. The first-order chi connectivity index (χ1) is 10.1. The van der Waals surface area contributed by atoms with Crippen molar-refractivity contribution in [2.75, 3.05) is 27.2 Å². The van der Waals surface area contributed by atoms with E-state index in [-0.39, 0.29) is 11.7 Å². The number of benzene rings is 1. The molecule has 1 aromatic heterocycles. The van der Waals surface area contributed by atoms with Gasteiger partial charge < -0.3 is 10.2 Å². The molecule has 1 amide bonds. The number of pyridine rings is 1. The van der Waals surface area contributed by atoms with Crippen molar-refractivity contribution < 1.29 is 9.18 Å². The number of hydrogen-bond acceptors (Lipinski definition) is 3. The van der Waals surface area contributed by atoms with E-state index >= 15 is 0 Å². The standard InChI is InChI=1S/C16H18FN3O/c1-20(2)8-7-19-16(21)14-9-13(10-18-11-14)12-3-5-15(17)6-4-12/h3-6,9-11H,7-8H2,1-2H3,(H,19,21). The Morgan fingerprint density at radius 3 is 2.57 bits per heavy atom. The fraction of sp³-hybridized carbons (Fsp3) is 0.250. The molecule has 0 bridgehead atoms. The van der Waals surface area contributed by atoms with Crippen LogP contribution in [0.25, 0.3) is 11.1 Å². The van der Waals surface area contributed by atoms with Crippen molar-refractivity contribution in [1.29, 1.82) is 0 Å². The van der Waals surface area contributed by atoms with Crippen molar-refractivity contribution in [3.63, 3.8) is 0 Å². The predicted octanol–water partition coefficient (Wildman–Crippen LogP) is 2.18. The van der Waals surface area contributed by atoms with Crippen LogP contribution in [0.15, 0.2) is 42.7 Å². The number of likely N-dealkylation sites (N-methyl/N-ethyl adjacent to an activating group) is 1. The molecular weight excluding hydrogens is 269 g/mol. The fourth-order valence-corrected chi connectivity index (χ4v) is 1.86. The molecule has 0 fully saturated rings. The highest BCUT2D eigenvalue weighted by Gasteiger charge is 2.07. The van der Waals surface area contributed by atoms with Crippen LogP contribution in [0.2, 0.25) is 0 Å². The van der Waals surface area contributed by atoms with Crippen LogP contribution in [-0.4, -0.2) is 43.0 Å². The van der Waals surface area contributed by atoms with E-state index in [0.717, 1.165) is 17.7 Å². The summed E-state index contributed by atoms with van der Waals surface area (Å²) < 4.78 is 12.9. The van der Waals surface area contributed by atoms with Gasteiger partial charge in [-0.15, -0.1) is 0 Å². The first kappa shape index (κ1) is 15.1. The molecule has 2 aromatic rings. The van der Waals surface area contributed by atoms with Crippen LogP contribution in [0.5, 0.6) is 0 Å². The van der Waals surface area contributed by atoms with Gasteiger partial charge in [-0.1, -0.05) is 12.1 Å². The SMILES string of the molecule is CN(C)CCNC(=O)c1cncc(-c2ccc(F)cc2)c1. The predicted molar refractivity (Wildman–Crippen MR) is 80.5 cm³/mol. The number of aromatic nitrogens is 1. The average molecular weight is 287 g/mol. The number of rotatable bonds is 5. The normalized spacial score (nSPS) is 10.7. The van der Waals surface area contributed by atoms with Crippen molar-refractivity contribution in [1.82, 2.24) is 15.2 Å². The van der Waals surface area contributed by atoms with Crippen LogP contribution in [0.1, 0.15) is 10.4 Å². The molecule has 0 aliphatic heterocycles. The first-order valence-corrected chi connectivity index (χ1v) is 6.70. The minimum Gasteiger partial charge on any atom is -0.351 e. The Balaban J connectivity index is 2.10. The van der Waals surface area contributed by atoms with Crippen molar-refractivity contribution in [2.45, 2.75) is 0 Å². The third-order valence-electron chi connectivity index (χ3n) is 3.02. The molecule has 5 heteroatoms. The lowest BCUT2D eigenvalue weighted by atomic mass is 10.1. The molecule has 0 aliphatic rings. The molecule has 0 radical (unpaired) electrons. The summed E-state index contributed by atoms with van der Waals surface area (Å²) in [4.78, 5) is 18.1. The van der Waals surface area contributed by atoms with E-state index < -0.39 is 0 Å². The van der Waals surface area contributed by atoms with Gasteiger partial charge in [-0.3, -0.25) is 9.78 Å². The molecule has 0 atom stereocenters. The molecule has 4 nitrogen and oxygen atoms in total. The molecule has 0 aliphatic carbocycles. The number of carbonyl (C=O) groups excluding carboxylic acids is 1. The van der Waals surface area contributed by atoms with E-state index in [1.165, 1.54) is 18.3 Å². The van der Waals surface area contributed by atoms with Gasteiger partial charge in [0.05, 0.1) is 5.56 Å². The third kappa shape index (κ3) is 4.36. The smallest absolute Gasteiger partial charge is 0.252 e. The molecule has 0 unspecified atom stereocenters. The van der Waals surface area contributed by atoms with E-state index in [2.05, 4.69) is 10.3 Å². The van der Waals surface area contributed by atoms with Gasteiger partial charge in [-0.05, 0) is 37.9 Å². The molecule has 1 aromatic carbocycles. The van der Waals surface area contributed by atoms with Gasteiger partial charge in [0, 0.05) is 31.0 Å². The maximum absolute atomic E-state index is 12.9. The Hall–Kier alpha value is -2.27. The van der Waals surface area contributed by atoms with Crippen molar-refractivity contribution in [2.24, 2.45) is 0 Å². The summed E-state index contributed by atoms with van der Waals surface area (Å²) in [5.41, 5.74) is 2.11. The Bertz CT molecular complexity index is 611. The van der Waals surface area contributed by atoms with Crippen molar-refractivity contribution >= 4 is 5.91 Å². The Kier molecular flexibility index (Phi) is 5.00. The van der Waals surface area contributed by atoms with Crippen molar-refractivity contribution in [3.05, 3.63) is 54.1 Å². The zero-order chi connectivity index (χ0) is 15.2. The van der Waals surface area contributed by atoms with Gasteiger partial charge in [0.1, 0.15) is 5.82 Å². The van der Waals surface area contributed by atoms with Gasteiger partial charge in [-0.2, -0.15) is 0 Å². The van der Waals surface area contributed by atoms with Gasteiger partial charge in [0.15, 0.2) is 0 Å². The second-order valence-corrected chi connectivity index (χ2v) is 5.03. The molecule has 0 saturated carbocycles.